The summed E-state index contributed by atoms with van der Waals surface area (Å²) in [6.07, 6.45) is 2.12. The molecule has 2 aromatic rings. The van der Waals surface area contributed by atoms with E-state index < -0.39 is 186 Å². The average molecular weight is 1430 g/mol. The first-order valence-corrected chi connectivity index (χ1v) is 31.6. The van der Waals surface area contributed by atoms with Crippen molar-refractivity contribution >= 4 is 120 Å². The molecule has 12 atom stereocenters. The summed E-state index contributed by atoms with van der Waals surface area (Å²) in [5, 5.41) is 66.2. The minimum absolute atomic E-state index is 0.00469. The predicted octanol–water partition coefficient (Wildman–Crippen LogP) is -11.2. The highest BCUT2D eigenvalue weighted by Crippen LogP contribution is 2.10. The highest BCUT2D eigenvalue weighted by atomic mass is 32.1. The van der Waals surface area contributed by atoms with Gasteiger partial charge in [-0.2, -0.15) is 25.3 Å². The molecule has 2 heterocycles. The second-order valence-electron chi connectivity index (χ2n) is 22.2. The molecule has 11 amide bonds. The van der Waals surface area contributed by atoms with Gasteiger partial charge in [0.15, 0.2) is 17.9 Å². The Labute approximate surface area is 572 Å². The summed E-state index contributed by atoms with van der Waals surface area (Å²) in [6, 6.07) is -17.3. The maximum Gasteiger partial charge on any atom is 0.326 e. The Bertz CT molecular complexity index is 3070. The van der Waals surface area contributed by atoms with Gasteiger partial charge < -0.3 is 129 Å². The molecule has 0 bridgehead atoms. The van der Waals surface area contributed by atoms with Crippen LogP contribution in [0.2, 0.25) is 0 Å². The van der Waals surface area contributed by atoms with Crippen molar-refractivity contribution in [2.24, 2.45) is 61.0 Å². The zero-order valence-electron chi connectivity index (χ0n) is 53.9. The number of carbonyl (C=O) groups is 13. The van der Waals surface area contributed by atoms with E-state index in [0.717, 1.165) is 0 Å². The van der Waals surface area contributed by atoms with Crippen LogP contribution < -0.4 is 98.6 Å². The highest BCUT2D eigenvalue weighted by molar-refractivity contribution is 7.80. The molecule has 0 aliphatic heterocycles. The first-order valence-electron chi connectivity index (χ1n) is 30.3. The lowest BCUT2D eigenvalue weighted by Gasteiger charge is -2.29. The summed E-state index contributed by atoms with van der Waals surface area (Å²) < 4.78 is 0. The fraction of sp³-hybridized carbons (Fsp3) is 0.593. The number of H-pyrrole nitrogens is 2. The van der Waals surface area contributed by atoms with Gasteiger partial charge in [0.05, 0.1) is 44.4 Å². The minimum atomic E-state index is -1.88. The van der Waals surface area contributed by atoms with Gasteiger partial charge in [0, 0.05) is 67.8 Å². The van der Waals surface area contributed by atoms with Crippen LogP contribution in [0.25, 0.3) is 0 Å². The van der Waals surface area contributed by atoms with Crippen LogP contribution in [0.3, 0.4) is 0 Å². The molecule has 2 rings (SSSR count). The number of carboxylic acid groups (broad SMARTS) is 2. The van der Waals surface area contributed by atoms with Gasteiger partial charge in [-0.05, 0) is 51.4 Å². The lowest BCUT2D eigenvalue weighted by atomic mass is 10.0. The van der Waals surface area contributed by atoms with Crippen molar-refractivity contribution in [1.29, 1.82) is 0 Å². The monoisotopic (exact) mass is 1430 g/mol. The van der Waals surface area contributed by atoms with Crippen LogP contribution in [0.15, 0.2) is 40.0 Å². The van der Waals surface area contributed by atoms with Crippen molar-refractivity contribution in [2.75, 3.05) is 44.3 Å². The standard InChI is InChI=1S/C54H91N25O17S2/c1-24(2)39(78-48(92)36(21-98)77-50(94)40(25(3)81)79-46(90)32(14-27-17-63-23-69-27)73-41(85)28(55)7-4-10-64-52(56)57)49(93)71-29(8-5-11-65-53(58)59)43(87)75-34(19-80)47(91)76-35(20-97)42(86)67-18-37(82)70-31(13-26-16-62-22-68-26)44(88)74-33(15-38(83)84)45(89)72-30(51(95)96)9-6-12-66-54(60)61/h16-17,22-25,28-36,39-40,80-81,97-98H,4-15,18-21,55H2,1-3H3,(H,62,68)(H,63,69)(H,67,86)(H,70,82)(H,71,93)(H,72,89)(H,73,85)(H,74,88)(H,75,87)(H,76,91)(H,77,94)(H,78,92)(H,79,90)(H,83,84)(H,95,96)(H4,56,57,64)(H4,58,59,65)(H4,60,61,66)/t25-,28+,29+,30+,31+,32+,33+,34+,35+,36+,39+,40+/m1/s1. The zero-order chi connectivity index (χ0) is 73.8. The van der Waals surface area contributed by atoms with Crippen LogP contribution in [-0.2, 0) is 75.2 Å². The molecule has 0 radical (unpaired) electrons. The number of carbonyl (C=O) groups excluding carboxylic acids is 11. The Hall–Kier alpha value is -10.1. The largest absolute Gasteiger partial charge is 0.481 e. The Morgan fingerprint density at radius 2 is 0.878 bits per heavy atom. The van der Waals surface area contributed by atoms with Crippen molar-refractivity contribution in [3.05, 3.63) is 36.4 Å². The van der Waals surface area contributed by atoms with Gasteiger partial charge in [0.1, 0.15) is 60.4 Å². The molecule has 0 saturated heterocycles. The molecule has 0 saturated carbocycles. The molecule has 2 aromatic heterocycles. The lowest BCUT2D eigenvalue weighted by molar-refractivity contribution is -0.144. The van der Waals surface area contributed by atoms with E-state index >= 15 is 0 Å². The van der Waals surface area contributed by atoms with Gasteiger partial charge in [-0.3, -0.25) is 72.5 Å². The predicted molar refractivity (Wildman–Crippen MR) is 356 cm³/mol. The number of guanidine groups is 3. The van der Waals surface area contributed by atoms with E-state index in [9.17, 15) is 82.8 Å². The number of aliphatic imine (C=N–C) groups is 3. The third-order valence-corrected chi connectivity index (χ3v) is 14.6. The van der Waals surface area contributed by atoms with Gasteiger partial charge in [-0.15, -0.1) is 0 Å². The molecule has 0 spiro atoms. The first-order chi connectivity index (χ1) is 46.2. The van der Waals surface area contributed by atoms with Crippen LogP contribution in [0, 0.1) is 5.92 Å². The number of aliphatic hydroxyl groups excluding tert-OH is 2. The number of rotatable bonds is 46. The zero-order valence-corrected chi connectivity index (χ0v) is 55.7. The Morgan fingerprint density at radius 1 is 0.490 bits per heavy atom. The highest BCUT2D eigenvalue weighted by Gasteiger charge is 2.37. The molecule has 31 N–H and O–H groups in total. The third kappa shape index (κ3) is 31.6. The van der Waals surface area contributed by atoms with Gasteiger partial charge in [0.2, 0.25) is 65.0 Å². The van der Waals surface area contributed by atoms with Crippen LogP contribution in [0.4, 0.5) is 0 Å². The molecule has 546 valence electrons. The van der Waals surface area contributed by atoms with Crippen LogP contribution >= 0.6 is 25.3 Å². The average Bonchev–Trinajstić information content (AvgIpc) is 1.05. The second kappa shape index (κ2) is 43.9. The first kappa shape index (κ1) is 84.0. The number of nitrogens with zero attached hydrogens (tertiary/aromatic N) is 5. The van der Waals surface area contributed by atoms with E-state index in [2.05, 4.69) is 119 Å². The van der Waals surface area contributed by atoms with E-state index in [1.54, 1.807) is 0 Å². The maximum absolute atomic E-state index is 14.1. The molecule has 0 aliphatic carbocycles. The van der Waals surface area contributed by atoms with E-state index in [1.165, 1.54) is 45.8 Å². The van der Waals surface area contributed by atoms with E-state index in [0.29, 0.717) is 12.1 Å². The van der Waals surface area contributed by atoms with Crippen molar-refractivity contribution in [1.82, 2.24) is 78.4 Å². The quantitative estimate of drug-likeness (QED) is 0.0127. The topological polar surface area (TPSA) is 712 Å². The number of imidazole rings is 2. The van der Waals surface area contributed by atoms with Crippen LogP contribution in [0.5, 0.6) is 0 Å². The number of nitrogens with one attached hydrogen (secondary N) is 13. The molecular formula is C54H91N25O17S2. The van der Waals surface area contributed by atoms with Crippen molar-refractivity contribution in [3.8, 4) is 0 Å². The van der Waals surface area contributed by atoms with E-state index in [4.69, 9.17) is 40.1 Å². The number of thiol groups is 2. The minimum Gasteiger partial charge on any atom is -0.481 e. The molecule has 98 heavy (non-hydrogen) atoms. The van der Waals surface area contributed by atoms with Gasteiger partial charge in [-0.25, -0.2) is 14.8 Å². The summed E-state index contributed by atoms with van der Waals surface area (Å²) in [4.78, 5) is 199. The SMILES string of the molecule is CC(C)[C@H](NC(=O)[C@H](CS)NC(=O)[C@@H](NC(=O)[C@H](Cc1cnc[nH]1)NC(=O)[C@@H](N)CCCN=C(N)N)[C@@H](C)O)C(=O)N[C@@H](CCCN=C(N)N)C(=O)N[C@@H](CO)C(=O)N[C@@H](CS)C(=O)NCC(=O)N[C@@H](Cc1cnc[nH]1)C(=O)N[C@@H](CC(=O)O)C(=O)N[C@@H](CCCN=C(N)N)C(=O)O. The number of carboxylic acids is 2. The number of amides is 11. The Morgan fingerprint density at radius 3 is 1.35 bits per heavy atom. The molecule has 0 aliphatic rings. The molecule has 0 fully saturated rings. The smallest absolute Gasteiger partial charge is 0.326 e. The molecule has 42 nitrogen and oxygen atoms in total. The summed E-state index contributed by atoms with van der Waals surface area (Å²) in [5.41, 5.74) is 38.9. The molecular weight excluding hydrogens is 1330 g/mol. The van der Waals surface area contributed by atoms with Gasteiger partial charge >= 0.3 is 11.9 Å². The number of aliphatic hydroxyl groups is 2. The van der Waals surface area contributed by atoms with Crippen molar-refractivity contribution < 1.29 is 82.8 Å². The molecule has 44 heteroatoms. The maximum atomic E-state index is 14.1. The fourth-order valence-corrected chi connectivity index (χ4v) is 9.19. The lowest BCUT2D eigenvalue weighted by Crippen LogP contribution is -2.62. The Kier molecular flexibility index (Phi) is 37.6. The summed E-state index contributed by atoms with van der Waals surface area (Å²) in [7, 11) is 0. The van der Waals surface area contributed by atoms with Gasteiger partial charge in [0.25, 0.3) is 0 Å². The number of aromatic nitrogens is 4. The van der Waals surface area contributed by atoms with Gasteiger partial charge in [-0.1, -0.05) is 13.8 Å². The second-order valence-corrected chi connectivity index (χ2v) is 23.0. The number of aromatic amines is 2. The van der Waals surface area contributed by atoms with Crippen molar-refractivity contribution in [2.45, 2.75) is 151 Å². The van der Waals surface area contributed by atoms with E-state index in [1.807, 2.05) is 0 Å². The summed E-state index contributed by atoms with van der Waals surface area (Å²) in [5.74, 6) is -16.9. The fourth-order valence-electron chi connectivity index (χ4n) is 8.68. The van der Waals surface area contributed by atoms with Crippen molar-refractivity contribution in [3.63, 3.8) is 0 Å². The van der Waals surface area contributed by atoms with E-state index in [-0.39, 0.29) is 88.2 Å². The number of aliphatic carboxylic acids is 2. The number of hydrogen-bond acceptors (Lipinski definition) is 23. The summed E-state index contributed by atoms with van der Waals surface area (Å²) in [6.45, 7) is 2.30. The molecule has 0 unspecified atom stereocenters. The van der Waals surface area contributed by atoms with Crippen LogP contribution in [-0.4, -0.2) is 252 Å². The normalized spacial score (nSPS) is 14.6. The third-order valence-electron chi connectivity index (χ3n) is 13.9. The Balaban J connectivity index is 2.25. The number of nitrogens with two attached hydrogens (primary N) is 7. The molecule has 0 aromatic carbocycles. The summed E-state index contributed by atoms with van der Waals surface area (Å²) >= 11 is 8.32. The van der Waals surface area contributed by atoms with Crippen LogP contribution in [0.1, 0.15) is 77.1 Å². The number of hydrogen-bond donors (Lipinski definition) is 26.